The van der Waals surface area contributed by atoms with E-state index >= 15 is 0 Å². The van der Waals surface area contributed by atoms with Crippen LogP contribution >= 0.6 is 0 Å². The molecule has 1 aromatic heterocycles. The number of aromatic carboxylic acids is 1. The van der Waals surface area contributed by atoms with E-state index in [4.69, 9.17) is 9.52 Å². The lowest BCUT2D eigenvalue weighted by molar-refractivity contribution is 0.0659. The van der Waals surface area contributed by atoms with Gasteiger partial charge in [0.15, 0.2) is 0 Å². The zero-order valence-electron chi connectivity index (χ0n) is 11.3. The van der Waals surface area contributed by atoms with Crippen LogP contribution in [0.2, 0.25) is 0 Å². The number of carboxylic acids is 1. The van der Waals surface area contributed by atoms with Crippen LogP contribution in [0.4, 0.5) is 5.69 Å². The Bertz CT molecular complexity index is 614. The third kappa shape index (κ3) is 2.96. The van der Waals surface area contributed by atoms with Gasteiger partial charge in [-0.15, -0.1) is 0 Å². The van der Waals surface area contributed by atoms with Crippen LogP contribution in [-0.2, 0) is 6.54 Å². The molecule has 0 saturated carbocycles. The Kier molecular flexibility index (Phi) is 3.60. The monoisotopic (exact) mass is 259 g/mol. The standard InChI is InChI=1S/C15H17NO3/c1-9-4-5-10(2)13(6-9)16-8-12-7-11(3)14(19-12)15(17)18/h4-7,16H,8H2,1-3H3,(H,17,18). The van der Waals surface area contributed by atoms with Gasteiger partial charge in [-0.3, -0.25) is 0 Å². The molecule has 0 saturated heterocycles. The van der Waals surface area contributed by atoms with Crippen LogP contribution in [0.25, 0.3) is 0 Å². The van der Waals surface area contributed by atoms with Gasteiger partial charge < -0.3 is 14.8 Å². The van der Waals surface area contributed by atoms with Gasteiger partial charge in [-0.05, 0) is 44.0 Å². The smallest absolute Gasteiger partial charge is 0.372 e. The van der Waals surface area contributed by atoms with Crippen LogP contribution in [0.3, 0.4) is 0 Å². The Morgan fingerprint density at radius 3 is 2.58 bits per heavy atom. The summed E-state index contributed by atoms with van der Waals surface area (Å²) in [7, 11) is 0. The molecule has 100 valence electrons. The highest BCUT2D eigenvalue weighted by molar-refractivity contribution is 5.86. The van der Waals surface area contributed by atoms with Gasteiger partial charge in [0.2, 0.25) is 5.76 Å². The zero-order valence-corrected chi connectivity index (χ0v) is 11.3. The Morgan fingerprint density at radius 1 is 1.21 bits per heavy atom. The maximum atomic E-state index is 10.9. The quantitative estimate of drug-likeness (QED) is 0.881. The summed E-state index contributed by atoms with van der Waals surface area (Å²) in [5.74, 6) is -0.399. The first-order valence-electron chi connectivity index (χ1n) is 6.11. The predicted octanol–water partition coefficient (Wildman–Crippen LogP) is 3.52. The topological polar surface area (TPSA) is 62.5 Å². The number of aryl methyl sites for hydroxylation is 3. The number of furan rings is 1. The molecule has 0 aliphatic rings. The molecule has 19 heavy (non-hydrogen) atoms. The first-order chi connectivity index (χ1) is 8.97. The molecule has 2 aromatic rings. The summed E-state index contributed by atoms with van der Waals surface area (Å²) in [5, 5.41) is 12.2. The average Bonchev–Trinajstić information content (AvgIpc) is 2.72. The molecule has 1 aromatic carbocycles. The van der Waals surface area contributed by atoms with Crippen molar-refractivity contribution < 1.29 is 14.3 Å². The van der Waals surface area contributed by atoms with Gasteiger partial charge >= 0.3 is 5.97 Å². The SMILES string of the molecule is Cc1ccc(C)c(NCc2cc(C)c(C(=O)O)o2)c1. The largest absolute Gasteiger partial charge is 0.475 e. The molecule has 0 bridgehead atoms. The van der Waals surface area contributed by atoms with E-state index < -0.39 is 5.97 Å². The summed E-state index contributed by atoms with van der Waals surface area (Å²) < 4.78 is 5.31. The molecular formula is C15H17NO3. The molecule has 2 N–H and O–H groups in total. The molecule has 4 nitrogen and oxygen atoms in total. The van der Waals surface area contributed by atoms with E-state index in [0.29, 0.717) is 17.9 Å². The van der Waals surface area contributed by atoms with Crippen molar-refractivity contribution in [2.24, 2.45) is 0 Å². The molecule has 4 heteroatoms. The minimum absolute atomic E-state index is 0.0118. The molecule has 2 rings (SSSR count). The second kappa shape index (κ2) is 5.18. The van der Waals surface area contributed by atoms with Crippen LogP contribution in [0.5, 0.6) is 0 Å². The van der Waals surface area contributed by atoms with Gasteiger partial charge in [-0.25, -0.2) is 4.79 Å². The molecule has 0 unspecified atom stereocenters. The molecule has 0 atom stereocenters. The van der Waals surface area contributed by atoms with Crippen LogP contribution in [0.15, 0.2) is 28.7 Å². The van der Waals surface area contributed by atoms with E-state index in [-0.39, 0.29) is 5.76 Å². The van der Waals surface area contributed by atoms with Crippen molar-refractivity contribution >= 4 is 11.7 Å². The van der Waals surface area contributed by atoms with Crippen LogP contribution in [0.1, 0.15) is 33.0 Å². The van der Waals surface area contributed by atoms with E-state index in [0.717, 1.165) is 11.3 Å². The van der Waals surface area contributed by atoms with Crippen molar-refractivity contribution in [3.63, 3.8) is 0 Å². The number of carboxylic acid groups (broad SMARTS) is 1. The average molecular weight is 259 g/mol. The lowest BCUT2D eigenvalue weighted by Crippen LogP contribution is -2.00. The number of anilines is 1. The lowest BCUT2D eigenvalue weighted by Gasteiger charge is -2.08. The molecule has 0 aliphatic heterocycles. The molecule has 0 aliphatic carbocycles. The fourth-order valence-electron chi connectivity index (χ4n) is 1.96. The first kappa shape index (κ1) is 13.2. The van der Waals surface area contributed by atoms with Gasteiger partial charge in [-0.1, -0.05) is 12.1 Å². The summed E-state index contributed by atoms with van der Waals surface area (Å²) in [4.78, 5) is 10.9. The van der Waals surface area contributed by atoms with Crippen molar-refractivity contribution in [1.29, 1.82) is 0 Å². The number of hydrogen-bond donors (Lipinski definition) is 2. The van der Waals surface area contributed by atoms with E-state index in [9.17, 15) is 4.79 Å². The summed E-state index contributed by atoms with van der Waals surface area (Å²) in [6.07, 6.45) is 0. The number of nitrogens with one attached hydrogen (secondary N) is 1. The third-order valence-electron chi connectivity index (χ3n) is 3.01. The molecule has 0 amide bonds. The minimum atomic E-state index is -1.03. The van der Waals surface area contributed by atoms with E-state index in [1.807, 2.05) is 19.9 Å². The van der Waals surface area contributed by atoms with Crippen molar-refractivity contribution in [2.45, 2.75) is 27.3 Å². The molecular weight excluding hydrogens is 242 g/mol. The molecule has 0 spiro atoms. The summed E-state index contributed by atoms with van der Waals surface area (Å²) in [6, 6.07) is 7.92. The van der Waals surface area contributed by atoms with Gasteiger partial charge in [0.1, 0.15) is 5.76 Å². The van der Waals surface area contributed by atoms with Gasteiger partial charge in [-0.2, -0.15) is 0 Å². The van der Waals surface area contributed by atoms with Crippen LogP contribution in [-0.4, -0.2) is 11.1 Å². The van der Waals surface area contributed by atoms with E-state index in [2.05, 4.69) is 17.4 Å². The Morgan fingerprint density at radius 2 is 1.95 bits per heavy atom. The van der Waals surface area contributed by atoms with Gasteiger partial charge in [0.05, 0.1) is 6.54 Å². The fourth-order valence-corrected chi connectivity index (χ4v) is 1.96. The first-order valence-corrected chi connectivity index (χ1v) is 6.11. The van der Waals surface area contributed by atoms with Gasteiger partial charge in [0.25, 0.3) is 0 Å². The van der Waals surface area contributed by atoms with Crippen LogP contribution in [0, 0.1) is 20.8 Å². The fraction of sp³-hybridized carbons (Fsp3) is 0.267. The summed E-state index contributed by atoms with van der Waals surface area (Å²) in [6.45, 7) is 6.26. The Labute approximate surface area is 112 Å². The van der Waals surface area contributed by atoms with Crippen LogP contribution < -0.4 is 5.32 Å². The highest BCUT2D eigenvalue weighted by Gasteiger charge is 2.14. The number of rotatable bonds is 4. The minimum Gasteiger partial charge on any atom is -0.475 e. The highest BCUT2D eigenvalue weighted by Crippen LogP contribution is 2.19. The number of benzene rings is 1. The molecule has 1 heterocycles. The van der Waals surface area contributed by atoms with Crippen molar-refractivity contribution in [2.75, 3.05) is 5.32 Å². The van der Waals surface area contributed by atoms with Crippen molar-refractivity contribution in [3.05, 3.63) is 52.5 Å². The normalized spacial score (nSPS) is 10.5. The third-order valence-corrected chi connectivity index (χ3v) is 3.01. The number of carbonyl (C=O) groups is 1. The second-order valence-electron chi connectivity index (χ2n) is 4.70. The Hall–Kier alpha value is -2.23. The Balaban J connectivity index is 2.12. The predicted molar refractivity (Wildman–Crippen MR) is 73.6 cm³/mol. The number of hydrogen-bond acceptors (Lipinski definition) is 3. The second-order valence-corrected chi connectivity index (χ2v) is 4.70. The maximum absolute atomic E-state index is 10.9. The van der Waals surface area contributed by atoms with Crippen molar-refractivity contribution in [1.82, 2.24) is 0 Å². The molecule has 0 radical (unpaired) electrons. The van der Waals surface area contributed by atoms with Crippen molar-refractivity contribution in [3.8, 4) is 0 Å². The van der Waals surface area contributed by atoms with E-state index in [1.54, 1.807) is 13.0 Å². The lowest BCUT2D eigenvalue weighted by atomic mass is 10.1. The maximum Gasteiger partial charge on any atom is 0.372 e. The van der Waals surface area contributed by atoms with E-state index in [1.165, 1.54) is 5.56 Å². The highest BCUT2D eigenvalue weighted by atomic mass is 16.4. The summed E-state index contributed by atoms with van der Waals surface area (Å²) >= 11 is 0. The summed E-state index contributed by atoms with van der Waals surface area (Å²) in [5.41, 5.74) is 4.00. The van der Waals surface area contributed by atoms with Gasteiger partial charge in [0, 0.05) is 11.3 Å². The molecule has 0 fully saturated rings. The zero-order chi connectivity index (χ0) is 14.0.